The number of halogens is 1. The lowest BCUT2D eigenvalue weighted by Gasteiger charge is -2.26. The zero-order valence-electron chi connectivity index (χ0n) is 10.3. The molecule has 0 atom stereocenters. The summed E-state index contributed by atoms with van der Waals surface area (Å²) >= 11 is 3.29. The van der Waals surface area contributed by atoms with E-state index >= 15 is 0 Å². The second-order valence-corrected chi connectivity index (χ2v) is 5.55. The van der Waals surface area contributed by atoms with Crippen molar-refractivity contribution in [2.45, 2.75) is 31.7 Å². The predicted molar refractivity (Wildman–Crippen MR) is 72.8 cm³/mol. The Morgan fingerprint density at radius 1 is 1.32 bits per heavy atom. The van der Waals surface area contributed by atoms with Crippen LogP contribution in [0.25, 0.3) is 0 Å². The van der Waals surface area contributed by atoms with Gasteiger partial charge < -0.3 is 10.4 Å². The Bertz CT molecular complexity index is 485. The Kier molecular flexibility index (Phi) is 4.52. The van der Waals surface area contributed by atoms with E-state index in [1.54, 1.807) is 18.3 Å². The van der Waals surface area contributed by atoms with E-state index in [-0.39, 0.29) is 17.9 Å². The average molecular weight is 327 g/mol. The SMILES string of the molecule is O=C(NC1CCC(C(=O)O)CC1)c1ncccc1Br. The van der Waals surface area contributed by atoms with E-state index in [1.165, 1.54) is 0 Å². The quantitative estimate of drug-likeness (QED) is 0.892. The number of hydrogen-bond donors (Lipinski definition) is 2. The Labute approximate surface area is 119 Å². The highest BCUT2D eigenvalue weighted by atomic mass is 79.9. The lowest BCUT2D eigenvalue weighted by atomic mass is 9.86. The van der Waals surface area contributed by atoms with Crippen molar-refractivity contribution in [2.24, 2.45) is 5.92 Å². The number of amides is 1. The molecule has 0 aliphatic heterocycles. The normalized spacial score (nSPS) is 22.8. The van der Waals surface area contributed by atoms with E-state index in [2.05, 4.69) is 26.2 Å². The van der Waals surface area contributed by atoms with Crippen molar-refractivity contribution in [1.82, 2.24) is 10.3 Å². The molecule has 6 heteroatoms. The minimum absolute atomic E-state index is 0.0389. The van der Waals surface area contributed by atoms with Crippen molar-refractivity contribution in [2.75, 3.05) is 0 Å². The highest BCUT2D eigenvalue weighted by molar-refractivity contribution is 9.10. The van der Waals surface area contributed by atoms with Crippen LogP contribution in [-0.4, -0.2) is 28.0 Å². The molecule has 1 amide bonds. The van der Waals surface area contributed by atoms with Crippen LogP contribution < -0.4 is 5.32 Å². The minimum Gasteiger partial charge on any atom is -0.481 e. The Morgan fingerprint density at radius 2 is 2.00 bits per heavy atom. The fraction of sp³-hybridized carbons (Fsp3) is 0.462. The van der Waals surface area contributed by atoms with Gasteiger partial charge in [-0.3, -0.25) is 9.59 Å². The van der Waals surface area contributed by atoms with Gasteiger partial charge in [-0.2, -0.15) is 0 Å². The molecular formula is C13H15BrN2O3. The van der Waals surface area contributed by atoms with Crippen LogP contribution in [0.2, 0.25) is 0 Å². The standard InChI is InChI=1S/C13H15BrN2O3/c14-10-2-1-7-15-11(10)12(17)16-9-5-3-8(4-6-9)13(18)19/h1-2,7-9H,3-6H2,(H,16,17)(H,18,19). The number of pyridine rings is 1. The molecule has 19 heavy (non-hydrogen) atoms. The monoisotopic (exact) mass is 326 g/mol. The molecular weight excluding hydrogens is 312 g/mol. The third kappa shape index (κ3) is 3.53. The molecule has 1 aliphatic rings. The first-order valence-corrected chi connectivity index (χ1v) is 7.01. The van der Waals surface area contributed by atoms with Crippen LogP contribution in [0.5, 0.6) is 0 Å². The van der Waals surface area contributed by atoms with Crippen molar-refractivity contribution >= 4 is 27.8 Å². The molecule has 2 N–H and O–H groups in total. The zero-order chi connectivity index (χ0) is 13.8. The second-order valence-electron chi connectivity index (χ2n) is 4.69. The molecule has 2 rings (SSSR count). The van der Waals surface area contributed by atoms with Gasteiger partial charge in [0.15, 0.2) is 0 Å². The third-order valence-electron chi connectivity index (χ3n) is 3.39. The van der Waals surface area contributed by atoms with Crippen molar-refractivity contribution in [3.63, 3.8) is 0 Å². The van der Waals surface area contributed by atoms with E-state index < -0.39 is 5.97 Å². The first-order chi connectivity index (χ1) is 9.08. The summed E-state index contributed by atoms with van der Waals surface area (Å²) in [6, 6.07) is 3.55. The van der Waals surface area contributed by atoms with E-state index in [0.29, 0.717) is 35.8 Å². The van der Waals surface area contributed by atoms with Crippen LogP contribution in [0.15, 0.2) is 22.8 Å². The Morgan fingerprint density at radius 3 is 2.58 bits per heavy atom. The van der Waals surface area contributed by atoms with Crippen LogP contribution in [-0.2, 0) is 4.79 Å². The summed E-state index contributed by atoms with van der Waals surface area (Å²) in [6.45, 7) is 0. The zero-order valence-corrected chi connectivity index (χ0v) is 11.9. The molecule has 0 aromatic carbocycles. The first-order valence-electron chi connectivity index (χ1n) is 6.22. The summed E-state index contributed by atoms with van der Waals surface area (Å²) in [6.07, 6.45) is 4.20. The molecule has 0 unspecified atom stereocenters. The largest absolute Gasteiger partial charge is 0.481 e. The van der Waals surface area contributed by atoms with Gasteiger partial charge in [0.1, 0.15) is 5.69 Å². The lowest BCUT2D eigenvalue weighted by Crippen LogP contribution is -2.39. The van der Waals surface area contributed by atoms with Crippen molar-refractivity contribution in [3.8, 4) is 0 Å². The van der Waals surface area contributed by atoms with Gasteiger partial charge in [-0.25, -0.2) is 4.98 Å². The minimum atomic E-state index is -0.739. The average Bonchev–Trinajstić information content (AvgIpc) is 2.39. The number of nitrogens with zero attached hydrogens (tertiary/aromatic N) is 1. The molecule has 1 saturated carbocycles. The van der Waals surface area contributed by atoms with E-state index in [1.807, 2.05) is 0 Å². The topological polar surface area (TPSA) is 79.3 Å². The maximum atomic E-state index is 12.0. The number of carboxylic acids is 1. The van der Waals surface area contributed by atoms with Crippen molar-refractivity contribution in [3.05, 3.63) is 28.5 Å². The smallest absolute Gasteiger partial charge is 0.306 e. The van der Waals surface area contributed by atoms with Gasteiger partial charge in [0.2, 0.25) is 0 Å². The Hall–Kier alpha value is -1.43. The molecule has 0 bridgehead atoms. The van der Waals surface area contributed by atoms with E-state index in [4.69, 9.17) is 5.11 Å². The molecule has 102 valence electrons. The number of carboxylic acid groups (broad SMARTS) is 1. The molecule has 0 spiro atoms. The third-order valence-corrected chi connectivity index (χ3v) is 4.03. The summed E-state index contributed by atoms with van der Waals surface area (Å²) in [7, 11) is 0. The summed E-state index contributed by atoms with van der Waals surface area (Å²) < 4.78 is 0.659. The highest BCUT2D eigenvalue weighted by Crippen LogP contribution is 2.25. The predicted octanol–water partition coefficient (Wildman–Crippen LogP) is 2.22. The molecule has 0 saturated heterocycles. The highest BCUT2D eigenvalue weighted by Gasteiger charge is 2.27. The number of carbonyl (C=O) groups is 2. The van der Waals surface area contributed by atoms with Gasteiger partial charge >= 0.3 is 5.97 Å². The number of hydrogen-bond acceptors (Lipinski definition) is 3. The molecule has 1 aliphatic carbocycles. The maximum Gasteiger partial charge on any atom is 0.306 e. The fourth-order valence-corrected chi connectivity index (χ4v) is 2.73. The molecule has 0 radical (unpaired) electrons. The van der Waals surface area contributed by atoms with Crippen LogP contribution in [0.1, 0.15) is 36.2 Å². The van der Waals surface area contributed by atoms with Crippen LogP contribution >= 0.6 is 15.9 Å². The van der Waals surface area contributed by atoms with Gasteiger partial charge in [-0.15, -0.1) is 0 Å². The molecule has 1 aromatic heterocycles. The molecule has 1 aromatic rings. The summed E-state index contributed by atoms with van der Waals surface area (Å²) in [5.41, 5.74) is 0.364. The number of aromatic nitrogens is 1. The van der Waals surface area contributed by atoms with Gasteiger partial charge in [0.05, 0.1) is 5.92 Å². The number of rotatable bonds is 3. The number of aliphatic carboxylic acids is 1. The van der Waals surface area contributed by atoms with Crippen molar-refractivity contribution < 1.29 is 14.7 Å². The van der Waals surface area contributed by atoms with Gasteiger partial charge in [-0.05, 0) is 53.7 Å². The number of nitrogens with one attached hydrogen (secondary N) is 1. The maximum absolute atomic E-state index is 12.0. The first kappa shape index (κ1) is 14.0. The molecule has 1 fully saturated rings. The van der Waals surface area contributed by atoms with Crippen LogP contribution in [0, 0.1) is 5.92 Å². The van der Waals surface area contributed by atoms with Crippen molar-refractivity contribution in [1.29, 1.82) is 0 Å². The van der Waals surface area contributed by atoms with Crippen LogP contribution in [0.3, 0.4) is 0 Å². The second kappa shape index (κ2) is 6.14. The van der Waals surface area contributed by atoms with Gasteiger partial charge in [0, 0.05) is 16.7 Å². The lowest BCUT2D eigenvalue weighted by molar-refractivity contribution is -0.142. The molecule has 1 heterocycles. The van der Waals surface area contributed by atoms with E-state index in [9.17, 15) is 9.59 Å². The number of carbonyl (C=O) groups excluding carboxylic acids is 1. The summed E-state index contributed by atoms with van der Waals surface area (Å²) in [4.78, 5) is 26.9. The fourth-order valence-electron chi connectivity index (χ4n) is 2.29. The molecule has 5 nitrogen and oxygen atoms in total. The Balaban J connectivity index is 1.91. The summed E-state index contributed by atoms with van der Waals surface area (Å²) in [5.74, 6) is -1.22. The van der Waals surface area contributed by atoms with Crippen LogP contribution in [0.4, 0.5) is 0 Å². The van der Waals surface area contributed by atoms with E-state index in [0.717, 1.165) is 0 Å². The van der Waals surface area contributed by atoms with Gasteiger partial charge in [-0.1, -0.05) is 0 Å². The van der Waals surface area contributed by atoms with Gasteiger partial charge in [0.25, 0.3) is 5.91 Å². The summed E-state index contributed by atoms with van der Waals surface area (Å²) in [5, 5.41) is 11.8.